The zero-order valence-electron chi connectivity index (χ0n) is 15.9. The van der Waals surface area contributed by atoms with Crippen LogP contribution in [0.25, 0.3) is 0 Å². The van der Waals surface area contributed by atoms with Gasteiger partial charge in [0.05, 0.1) is 36.4 Å². The SMILES string of the molecule is CCS(=O)(=O)c1ccc(CC(=O)N(Cc2ccco2)Cc2ccc(C)s2)cc1. The van der Waals surface area contributed by atoms with E-state index in [1.54, 1.807) is 59.8 Å². The van der Waals surface area contributed by atoms with E-state index in [9.17, 15) is 13.2 Å². The Kier molecular flexibility index (Phi) is 6.36. The lowest BCUT2D eigenvalue weighted by Gasteiger charge is -2.21. The number of hydrogen-bond acceptors (Lipinski definition) is 5. The van der Waals surface area contributed by atoms with Gasteiger partial charge in [0, 0.05) is 9.75 Å². The van der Waals surface area contributed by atoms with Gasteiger partial charge in [-0.15, -0.1) is 11.3 Å². The van der Waals surface area contributed by atoms with Gasteiger partial charge < -0.3 is 9.32 Å². The molecule has 0 aliphatic rings. The molecular weight excluding hydrogens is 394 g/mol. The van der Waals surface area contributed by atoms with Crippen molar-refractivity contribution in [3.8, 4) is 0 Å². The molecule has 0 saturated heterocycles. The Morgan fingerprint density at radius 3 is 2.39 bits per heavy atom. The van der Waals surface area contributed by atoms with E-state index in [4.69, 9.17) is 4.42 Å². The highest BCUT2D eigenvalue weighted by Gasteiger charge is 2.18. The first-order chi connectivity index (χ1) is 13.4. The maximum atomic E-state index is 13.0. The monoisotopic (exact) mass is 417 g/mol. The predicted octanol–water partition coefficient (Wildman–Crippen LogP) is 4.21. The van der Waals surface area contributed by atoms with E-state index in [1.807, 2.05) is 25.1 Å². The number of nitrogens with zero attached hydrogens (tertiary/aromatic N) is 1. The van der Waals surface area contributed by atoms with E-state index < -0.39 is 9.84 Å². The average Bonchev–Trinajstić information content (AvgIpc) is 3.33. The van der Waals surface area contributed by atoms with Gasteiger partial charge >= 0.3 is 0 Å². The number of aryl methyl sites for hydroxylation is 1. The van der Waals surface area contributed by atoms with Crippen LogP contribution in [-0.4, -0.2) is 25.0 Å². The van der Waals surface area contributed by atoms with E-state index in [2.05, 4.69) is 0 Å². The van der Waals surface area contributed by atoms with Crippen LogP contribution in [0.15, 0.2) is 64.1 Å². The quantitative estimate of drug-likeness (QED) is 0.550. The molecule has 0 N–H and O–H groups in total. The molecule has 0 unspecified atom stereocenters. The van der Waals surface area contributed by atoms with Crippen molar-refractivity contribution in [2.45, 2.75) is 38.3 Å². The van der Waals surface area contributed by atoms with Crippen LogP contribution in [0.4, 0.5) is 0 Å². The predicted molar refractivity (Wildman–Crippen MR) is 110 cm³/mol. The third-order valence-corrected chi connectivity index (χ3v) is 7.18. The lowest BCUT2D eigenvalue weighted by molar-refractivity contribution is -0.131. The number of rotatable bonds is 8. The Hall–Kier alpha value is -2.38. The minimum atomic E-state index is -3.24. The highest BCUT2D eigenvalue weighted by atomic mass is 32.2. The van der Waals surface area contributed by atoms with E-state index in [-0.39, 0.29) is 23.0 Å². The second kappa shape index (κ2) is 8.75. The number of hydrogen-bond donors (Lipinski definition) is 0. The van der Waals surface area contributed by atoms with E-state index in [1.165, 1.54) is 4.88 Å². The van der Waals surface area contributed by atoms with Crippen molar-refractivity contribution in [1.82, 2.24) is 4.90 Å². The molecule has 2 aromatic heterocycles. The number of furan rings is 1. The summed E-state index contributed by atoms with van der Waals surface area (Å²) in [5.41, 5.74) is 0.784. The van der Waals surface area contributed by atoms with Crippen molar-refractivity contribution in [2.75, 3.05) is 5.75 Å². The number of benzene rings is 1. The van der Waals surface area contributed by atoms with Gasteiger partial charge in [0.15, 0.2) is 9.84 Å². The van der Waals surface area contributed by atoms with Gasteiger partial charge in [-0.1, -0.05) is 19.1 Å². The Balaban J connectivity index is 1.74. The third kappa shape index (κ3) is 5.11. The number of amides is 1. The molecule has 0 fully saturated rings. The molecule has 1 aromatic carbocycles. The molecule has 2 heterocycles. The van der Waals surface area contributed by atoms with Crippen LogP contribution in [0, 0.1) is 6.92 Å². The zero-order valence-corrected chi connectivity index (χ0v) is 17.6. The fraction of sp³-hybridized carbons (Fsp3) is 0.286. The molecule has 28 heavy (non-hydrogen) atoms. The van der Waals surface area contributed by atoms with Crippen molar-refractivity contribution in [2.24, 2.45) is 0 Å². The Morgan fingerprint density at radius 2 is 1.82 bits per heavy atom. The fourth-order valence-electron chi connectivity index (χ4n) is 2.85. The van der Waals surface area contributed by atoms with Crippen LogP contribution >= 0.6 is 11.3 Å². The van der Waals surface area contributed by atoms with Crippen LogP contribution in [0.5, 0.6) is 0 Å². The molecule has 5 nitrogen and oxygen atoms in total. The van der Waals surface area contributed by atoms with Gasteiger partial charge in [0.2, 0.25) is 5.91 Å². The zero-order chi connectivity index (χ0) is 20.1. The second-order valence-electron chi connectivity index (χ2n) is 6.57. The average molecular weight is 418 g/mol. The lowest BCUT2D eigenvalue weighted by atomic mass is 10.1. The Morgan fingerprint density at radius 1 is 1.07 bits per heavy atom. The summed E-state index contributed by atoms with van der Waals surface area (Å²) in [5, 5.41) is 0. The van der Waals surface area contributed by atoms with E-state index in [0.717, 1.165) is 16.2 Å². The fourth-order valence-corrected chi connectivity index (χ4v) is 4.64. The first kappa shape index (κ1) is 20.4. The van der Waals surface area contributed by atoms with Crippen LogP contribution in [-0.2, 0) is 34.1 Å². The maximum absolute atomic E-state index is 13.0. The minimum absolute atomic E-state index is 0.0337. The molecule has 3 aromatic rings. The molecular formula is C21H23NO4S2. The molecule has 0 aliphatic carbocycles. The van der Waals surface area contributed by atoms with E-state index >= 15 is 0 Å². The summed E-state index contributed by atoms with van der Waals surface area (Å²) in [4.78, 5) is 17.3. The first-order valence-electron chi connectivity index (χ1n) is 9.04. The van der Waals surface area contributed by atoms with Crippen molar-refractivity contribution in [3.05, 3.63) is 75.9 Å². The number of sulfone groups is 1. The second-order valence-corrected chi connectivity index (χ2v) is 10.2. The van der Waals surface area contributed by atoms with Crippen LogP contribution in [0.1, 0.15) is 28.0 Å². The molecule has 0 saturated carbocycles. The molecule has 0 radical (unpaired) electrons. The largest absolute Gasteiger partial charge is 0.467 e. The normalized spacial score (nSPS) is 11.5. The summed E-state index contributed by atoms with van der Waals surface area (Å²) >= 11 is 1.67. The topological polar surface area (TPSA) is 67.6 Å². The van der Waals surface area contributed by atoms with Crippen molar-refractivity contribution in [1.29, 1.82) is 0 Å². The summed E-state index contributed by atoms with van der Waals surface area (Å²) in [7, 11) is -3.24. The molecule has 0 aliphatic heterocycles. The standard InChI is InChI=1S/C21H23NO4S2/c1-3-28(24,25)20-10-7-17(8-11-20)13-21(23)22(14-18-5-4-12-26-18)15-19-9-6-16(2)27-19/h4-12H,3,13-15H2,1-2H3. The molecule has 0 atom stereocenters. The summed E-state index contributed by atoms with van der Waals surface area (Å²) < 4.78 is 29.3. The molecule has 0 spiro atoms. The van der Waals surface area contributed by atoms with Crippen molar-refractivity contribution >= 4 is 27.1 Å². The van der Waals surface area contributed by atoms with Gasteiger partial charge in [0.25, 0.3) is 0 Å². The molecule has 7 heteroatoms. The molecule has 148 valence electrons. The summed E-state index contributed by atoms with van der Waals surface area (Å²) in [5.74, 6) is 0.752. The number of carbonyl (C=O) groups is 1. The Labute approximate surface area is 169 Å². The molecule has 3 rings (SSSR count). The highest BCUT2D eigenvalue weighted by Crippen LogP contribution is 2.20. The van der Waals surface area contributed by atoms with Gasteiger partial charge in [-0.05, 0) is 48.9 Å². The summed E-state index contributed by atoms with van der Waals surface area (Å²) in [6.07, 6.45) is 1.80. The summed E-state index contributed by atoms with van der Waals surface area (Å²) in [6.45, 7) is 4.57. The summed E-state index contributed by atoms with van der Waals surface area (Å²) in [6, 6.07) is 14.3. The first-order valence-corrected chi connectivity index (χ1v) is 11.5. The van der Waals surface area contributed by atoms with Crippen molar-refractivity contribution in [3.63, 3.8) is 0 Å². The smallest absolute Gasteiger partial charge is 0.227 e. The highest BCUT2D eigenvalue weighted by molar-refractivity contribution is 7.91. The van der Waals surface area contributed by atoms with Crippen molar-refractivity contribution < 1.29 is 17.6 Å². The van der Waals surface area contributed by atoms with Gasteiger partial charge in [-0.3, -0.25) is 4.79 Å². The third-order valence-electron chi connectivity index (χ3n) is 4.44. The van der Waals surface area contributed by atoms with Gasteiger partial charge in [-0.25, -0.2) is 8.42 Å². The van der Waals surface area contributed by atoms with Gasteiger partial charge in [0.1, 0.15) is 5.76 Å². The van der Waals surface area contributed by atoms with E-state index in [0.29, 0.717) is 13.1 Å². The number of carbonyl (C=O) groups excluding carboxylic acids is 1. The minimum Gasteiger partial charge on any atom is -0.467 e. The van der Waals surface area contributed by atoms with Crippen LogP contribution in [0.2, 0.25) is 0 Å². The molecule has 1 amide bonds. The number of thiophene rings is 1. The van der Waals surface area contributed by atoms with Crippen LogP contribution < -0.4 is 0 Å². The molecule has 0 bridgehead atoms. The van der Waals surface area contributed by atoms with Crippen LogP contribution in [0.3, 0.4) is 0 Å². The maximum Gasteiger partial charge on any atom is 0.227 e. The van der Waals surface area contributed by atoms with Gasteiger partial charge in [-0.2, -0.15) is 0 Å². The Bertz CT molecular complexity index is 1020. The lowest BCUT2D eigenvalue weighted by Crippen LogP contribution is -2.31.